The minimum absolute atomic E-state index is 0.0233. The third-order valence-corrected chi connectivity index (χ3v) is 3.15. The van der Waals surface area contributed by atoms with Crippen molar-refractivity contribution in [2.75, 3.05) is 20.3 Å². The quantitative estimate of drug-likeness (QED) is 0.755. The summed E-state index contributed by atoms with van der Waals surface area (Å²) in [6.07, 6.45) is 6.24. The maximum absolute atomic E-state index is 11.7. The lowest BCUT2D eigenvalue weighted by Gasteiger charge is -2.11. The van der Waals surface area contributed by atoms with E-state index in [1.165, 1.54) is 0 Å². The van der Waals surface area contributed by atoms with Crippen molar-refractivity contribution >= 4 is 5.91 Å². The number of benzene rings is 1. The highest BCUT2D eigenvalue weighted by molar-refractivity contribution is 5.77. The number of carbonyl (C=O) groups excluding carboxylic acids is 1. The van der Waals surface area contributed by atoms with Crippen molar-refractivity contribution in [2.24, 2.45) is 0 Å². The molecule has 0 aliphatic carbocycles. The molecule has 0 saturated carbocycles. The third kappa shape index (κ3) is 4.80. The molecule has 2 aromatic rings. The topological polar surface area (TPSA) is 65.4 Å². The smallest absolute Gasteiger partial charge is 0.257 e. The summed E-state index contributed by atoms with van der Waals surface area (Å²) < 4.78 is 12.7. The molecule has 1 aromatic carbocycles. The minimum atomic E-state index is -0.145. The summed E-state index contributed by atoms with van der Waals surface area (Å²) >= 11 is 0. The van der Waals surface area contributed by atoms with Crippen molar-refractivity contribution < 1.29 is 14.3 Å². The highest BCUT2D eigenvalue weighted by Crippen LogP contribution is 2.27. The van der Waals surface area contributed by atoms with E-state index in [1.54, 1.807) is 25.7 Å². The van der Waals surface area contributed by atoms with Crippen LogP contribution in [0.5, 0.6) is 11.5 Å². The third-order valence-electron chi connectivity index (χ3n) is 3.15. The van der Waals surface area contributed by atoms with Crippen LogP contribution >= 0.6 is 0 Å². The number of hydrogen-bond donors (Lipinski definition) is 1. The summed E-state index contributed by atoms with van der Waals surface area (Å²) in [4.78, 5) is 15.7. The number of nitrogens with zero attached hydrogens (tertiary/aromatic N) is 2. The average Bonchev–Trinajstić information content (AvgIpc) is 3.03. The Hall–Kier alpha value is -2.50. The Kier molecular flexibility index (Phi) is 5.82. The van der Waals surface area contributed by atoms with E-state index < -0.39 is 0 Å². The Morgan fingerprint density at radius 1 is 1.36 bits per heavy atom. The second kappa shape index (κ2) is 8.07. The number of methoxy groups -OCH3 is 1. The number of carbonyl (C=O) groups is 1. The molecular weight excluding hydrogens is 282 g/mol. The fourth-order valence-electron chi connectivity index (χ4n) is 2.00. The van der Waals surface area contributed by atoms with Crippen LogP contribution in [0.4, 0.5) is 0 Å². The normalized spacial score (nSPS) is 10.3. The maximum atomic E-state index is 11.7. The fraction of sp³-hybridized carbons (Fsp3) is 0.375. The van der Waals surface area contributed by atoms with Gasteiger partial charge in [0.2, 0.25) is 0 Å². The zero-order valence-electron chi connectivity index (χ0n) is 12.9. The fourth-order valence-corrected chi connectivity index (χ4v) is 2.00. The molecule has 1 heterocycles. The van der Waals surface area contributed by atoms with Crippen LogP contribution in [0.25, 0.3) is 0 Å². The van der Waals surface area contributed by atoms with Crippen LogP contribution in [-0.2, 0) is 11.3 Å². The highest BCUT2D eigenvalue weighted by atomic mass is 16.5. The zero-order valence-corrected chi connectivity index (χ0v) is 12.9. The number of rotatable bonds is 8. The van der Waals surface area contributed by atoms with Crippen LogP contribution in [0.1, 0.15) is 12.0 Å². The summed E-state index contributed by atoms with van der Waals surface area (Å²) in [6.45, 7) is 3.38. The average molecular weight is 303 g/mol. The van der Waals surface area contributed by atoms with Gasteiger partial charge >= 0.3 is 0 Å². The Morgan fingerprint density at radius 2 is 2.23 bits per heavy atom. The van der Waals surface area contributed by atoms with Gasteiger partial charge < -0.3 is 19.4 Å². The van der Waals surface area contributed by atoms with Crippen LogP contribution in [0, 0.1) is 6.92 Å². The number of amides is 1. The van der Waals surface area contributed by atoms with Crippen molar-refractivity contribution in [3.05, 3.63) is 42.5 Å². The van der Waals surface area contributed by atoms with Gasteiger partial charge in [-0.3, -0.25) is 4.79 Å². The minimum Gasteiger partial charge on any atom is -0.493 e. The Balaban J connectivity index is 1.69. The Bertz CT molecular complexity index is 597. The number of hydrogen-bond acceptors (Lipinski definition) is 4. The molecule has 1 amide bonds. The van der Waals surface area contributed by atoms with Crippen molar-refractivity contribution in [1.82, 2.24) is 14.9 Å². The molecule has 0 aliphatic heterocycles. The zero-order chi connectivity index (χ0) is 15.8. The molecule has 118 valence electrons. The monoisotopic (exact) mass is 303 g/mol. The van der Waals surface area contributed by atoms with Crippen LogP contribution in [0.2, 0.25) is 0 Å². The van der Waals surface area contributed by atoms with Crippen molar-refractivity contribution in [1.29, 1.82) is 0 Å². The van der Waals surface area contributed by atoms with Gasteiger partial charge in [-0.1, -0.05) is 6.07 Å². The van der Waals surface area contributed by atoms with E-state index >= 15 is 0 Å². The number of aryl methyl sites for hydroxylation is 2. The summed E-state index contributed by atoms with van der Waals surface area (Å²) in [5, 5.41) is 2.83. The second-order valence-electron chi connectivity index (χ2n) is 4.95. The SMILES string of the molecule is COc1cc(C)ccc1OCC(=O)NCCCn1ccnc1. The Morgan fingerprint density at radius 3 is 2.95 bits per heavy atom. The first-order valence-electron chi connectivity index (χ1n) is 7.19. The molecule has 0 saturated heterocycles. The molecule has 22 heavy (non-hydrogen) atoms. The first kappa shape index (κ1) is 15.9. The lowest BCUT2D eigenvalue weighted by atomic mass is 10.2. The van der Waals surface area contributed by atoms with Crippen molar-refractivity contribution in [2.45, 2.75) is 19.9 Å². The first-order chi connectivity index (χ1) is 10.7. The molecule has 0 bridgehead atoms. The first-order valence-corrected chi connectivity index (χ1v) is 7.19. The van der Waals surface area contributed by atoms with Crippen LogP contribution in [0.15, 0.2) is 36.9 Å². The molecule has 0 atom stereocenters. The summed E-state index contributed by atoms with van der Waals surface area (Å²) in [6, 6.07) is 5.60. The van der Waals surface area contributed by atoms with Gasteiger partial charge in [0.25, 0.3) is 5.91 Å². The van der Waals surface area contributed by atoms with E-state index in [4.69, 9.17) is 9.47 Å². The lowest BCUT2D eigenvalue weighted by molar-refractivity contribution is -0.123. The van der Waals surface area contributed by atoms with E-state index in [0.717, 1.165) is 18.5 Å². The lowest BCUT2D eigenvalue weighted by Crippen LogP contribution is -2.30. The van der Waals surface area contributed by atoms with Gasteiger partial charge in [-0.2, -0.15) is 0 Å². The number of nitrogens with one attached hydrogen (secondary N) is 1. The molecule has 1 aromatic heterocycles. The predicted molar refractivity (Wildman–Crippen MR) is 83.1 cm³/mol. The molecule has 6 nitrogen and oxygen atoms in total. The number of imidazole rings is 1. The molecule has 0 radical (unpaired) electrons. The maximum Gasteiger partial charge on any atom is 0.257 e. The molecular formula is C16H21N3O3. The van der Waals surface area contributed by atoms with Gasteiger partial charge in [0.05, 0.1) is 13.4 Å². The van der Waals surface area contributed by atoms with Gasteiger partial charge in [-0.25, -0.2) is 4.98 Å². The molecule has 0 fully saturated rings. The van der Waals surface area contributed by atoms with Gasteiger partial charge in [-0.15, -0.1) is 0 Å². The van der Waals surface area contributed by atoms with Crippen LogP contribution < -0.4 is 14.8 Å². The van der Waals surface area contributed by atoms with Crippen LogP contribution in [0.3, 0.4) is 0 Å². The van der Waals surface area contributed by atoms with E-state index in [-0.39, 0.29) is 12.5 Å². The predicted octanol–water partition coefficient (Wildman–Crippen LogP) is 1.79. The van der Waals surface area contributed by atoms with E-state index in [1.807, 2.05) is 29.8 Å². The standard InChI is InChI=1S/C16H21N3O3/c1-13-4-5-14(15(10-13)21-2)22-11-16(20)18-6-3-8-19-9-7-17-12-19/h4-5,7,9-10,12H,3,6,8,11H2,1-2H3,(H,18,20). The molecule has 0 spiro atoms. The van der Waals surface area contributed by atoms with Gasteiger partial charge in [0.15, 0.2) is 18.1 Å². The molecule has 0 unspecified atom stereocenters. The molecule has 6 heteroatoms. The number of aromatic nitrogens is 2. The largest absolute Gasteiger partial charge is 0.493 e. The molecule has 2 rings (SSSR count). The summed E-state index contributed by atoms with van der Waals surface area (Å²) in [7, 11) is 1.58. The highest BCUT2D eigenvalue weighted by Gasteiger charge is 2.07. The summed E-state index contributed by atoms with van der Waals surface area (Å²) in [5.41, 5.74) is 1.08. The van der Waals surface area contributed by atoms with Gasteiger partial charge in [0.1, 0.15) is 0 Å². The van der Waals surface area contributed by atoms with Gasteiger partial charge in [0, 0.05) is 25.5 Å². The second-order valence-corrected chi connectivity index (χ2v) is 4.95. The van der Waals surface area contributed by atoms with E-state index in [9.17, 15) is 4.79 Å². The van der Waals surface area contributed by atoms with Crippen molar-refractivity contribution in [3.63, 3.8) is 0 Å². The van der Waals surface area contributed by atoms with Crippen LogP contribution in [-0.4, -0.2) is 35.7 Å². The van der Waals surface area contributed by atoms with E-state index in [2.05, 4.69) is 10.3 Å². The van der Waals surface area contributed by atoms with E-state index in [0.29, 0.717) is 18.0 Å². The Labute approximate surface area is 130 Å². The number of ether oxygens (including phenoxy) is 2. The van der Waals surface area contributed by atoms with Crippen molar-refractivity contribution in [3.8, 4) is 11.5 Å². The molecule has 1 N–H and O–H groups in total. The molecule has 0 aliphatic rings. The summed E-state index contributed by atoms with van der Waals surface area (Å²) in [5.74, 6) is 1.06. The van der Waals surface area contributed by atoms with Gasteiger partial charge in [-0.05, 0) is 31.0 Å².